The first kappa shape index (κ1) is 23.1. The summed E-state index contributed by atoms with van der Waals surface area (Å²) in [5.74, 6) is -0.613. The predicted molar refractivity (Wildman–Crippen MR) is 127 cm³/mol. The number of carbonyl (C=O) groups excluding carboxylic acids is 2. The topological polar surface area (TPSA) is 96.4 Å². The molecule has 1 saturated heterocycles. The standard InChI is InChI=1S/C21H20ClN3O4S3/c1-13(26)19-18(14-7-3-2-4-8-14)23-21(31-19)24-20(27)15-9-5-6-12-25(15)32(28,29)17-11-10-16(22)30-17/h2-4,7-8,10-11,15H,5-6,9,12H2,1H3,(H,23,24,27). The Hall–Kier alpha value is -2.11. The van der Waals surface area contributed by atoms with E-state index in [4.69, 9.17) is 11.6 Å². The van der Waals surface area contributed by atoms with Crippen LogP contribution in [0.3, 0.4) is 0 Å². The molecule has 168 valence electrons. The van der Waals surface area contributed by atoms with Gasteiger partial charge in [0.05, 0.1) is 14.9 Å². The van der Waals surface area contributed by atoms with Gasteiger partial charge in [0.1, 0.15) is 10.3 Å². The molecule has 1 N–H and O–H groups in total. The van der Waals surface area contributed by atoms with Crippen molar-refractivity contribution in [2.45, 2.75) is 36.4 Å². The van der Waals surface area contributed by atoms with Gasteiger partial charge in [-0.3, -0.25) is 9.59 Å². The number of carbonyl (C=O) groups is 2. The average Bonchev–Trinajstić information content (AvgIpc) is 3.41. The third-order valence-electron chi connectivity index (χ3n) is 5.09. The van der Waals surface area contributed by atoms with Crippen molar-refractivity contribution in [1.29, 1.82) is 0 Å². The molecule has 3 heterocycles. The zero-order valence-corrected chi connectivity index (χ0v) is 20.3. The number of halogens is 1. The van der Waals surface area contributed by atoms with E-state index in [0.29, 0.717) is 27.7 Å². The second kappa shape index (κ2) is 9.40. The zero-order chi connectivity index (χ0) is 22.9. The number of piperidine rings is 1. The summed E-state index contributed by atoms with van der Waals surface area (Å²) in [5, 5.41) is 3.01. The van der Waals surface area contributed by atoms with Crippen molar-refractivity contribution in [2.24, 2.45) is 0 Å². The van der Waals surface area contributed by atoms with Crippen LogP contribution in [0.4, 0.5) is 5.13 Å². The van der Waals surface area contributed by atoms with Crippen LogP contribution in [0.2, 0.25) is 4.34 Å². The number of ketones is 1. The second-order valence-corrected chi connectivity index (χ2v) is 12.1. The van der Waals surface area contributed by atoms with E-state index >= 15 is 0 Å². The number of aromatic nitrogens is 1. The van der Waals surface area contributed by atoms with Gasteiger partial charge in [-0.2, -0.15) is 4.31 Å². The van der Waals surface area contributed by atoms with Gasteiger partial charge >= 0.3 is 0 Å². The molecule has 0 radical (unpaired) electrons. The maximum Gasteiger partial charge on any atom is 0.253 e. The van der Waals surface area contributed by atoms with Crippen LogP contribution < -0.4 is 5.32 Å². The minimum absolute atomic E-state index is 0.113. The van der Waals surface area contributed by atoms with Gasteiger partial charge in [0, 0.05) is 19.0 Å². The quantitative estimate of drug-likeness (QED) is 0.476. The molecule has 1 fully saturated rings. The van der Waals surface area contributed by atoms with Gasteiger partial charge in [-0.1, -0.05) is 59.7 Å². The molecule has 7 nitrogen and oxygen atoms in total. The van der Waals surface area contributed by atoms with E-state index in [-0.39, 0.29) is 21.7 Å². The van der Waals surface area contributed by atoms with Crippen LogP contribution in [-0.4, -0.2) is 42.0 Å². The van der Waals surface area contributed by atoms with Crippen molar-refractivity contribution >= 4 is 61.1 Å². The molecule has 0 aliphatic carbocycles. The molecule has 1 aliphatic heterocycles. The second-order valence-electron chi connectivity index (χ2n) is 7.29. The van der Waals surface area contributed by atoms with Gasteiger partial charge in [-0.25, -0.2) is 13.4 Å². The Morgan fingerprint density at radius 2 is 1.88 bits per heavy atom. The maximum atomic E-state index is 13.1. The number of nitrogens with zero attached hydrogens (tertiary/aromatic N) is 2. The van der Waals surface area contributed by atoms with E-state index in [9.17, 15) is 18.0 Å². The molecular weight excluding hydrogens is 490 g/mol. The summed E-state index contributed by atoms with van der Waals surface area (Å²) in [5.41, 5.74) is 1.27. The molecule has 32 heavy (non-hydrogen) atoms. The molecule has 1 amide bonds. The van der Waals surface area contributed by atoms with Crippen LogP contribution in [0, 0.1) is 0 Å². The average molecular weight is 510 g/mol. The Balaban J connectivity index is 1.61. The van der Waals surface area contributed by atoms with Crippen LogP contribution in [0.5, 0.6) is 0 Å². The molecule has 4 rings (SSSR count). The van der Waals surface area contributed by atoms with E-state index in [1.54, 1.807) is 0 Å². The van der Waals surface area contributed by atoms with E-state index in [0.717, 1.165) is 34.7 Å². The SMILES string of the molecule is CC(=O)c1sc(NC(=O)C2CCCCN2S(=O)(=O)c2ccc(Cl)s2)nc1-c1ccccc1. The largest absolute Gasteiger partial charge is 0.301 e. The van der Waals surface area contributed by atoms with E-state index in [1.165, 1.54) is 23.4 Å². The lowest BCUT2D eigenvalue weighted by Gasteiger charge is -2.32. The van der Waals surface area contributed by atoms with Crippen molar-refractivity contribution in [1.82, 2.24) is 9.29 Å². The lowest BCUT2D eigenvalue weighted by atomic mass is 10.0. The number of amides is 1. The highest BCUT2D eigenvalue weighted by Crippen LogP contribution is 2.34. The third kappa shape index (κ3) is 4.65. The molecule has 1 aromatic carbocycles. The highest BCUT2D eigenvalue weighted by atomic mass is 35.5. The monoisotopic (exact) mass is 509 g/mol. The molecule has 1 atom stereocenters. The van der Waals surface area contributed by atoms with Gasteiger partial charge in [-0.05, 0) is 25.0 Å². The van der Waals surface area contributed by atoms with Crippen molar-refractivity contribution in [3.63, 3.8) is 0 Å². The van der Waals surface area contributed by atoms with Crippen LogP contribution in [0.25, 0.3) is 11.3 Å². The lowest BCUT2D eigenvalue weighted by Crippen LogP contribution is -2.49. The number of hydrogen-bond donors (Lipinski definition) is 1. The van der Waals surface area contributed by atoms with Crippen molar-refractivity contribution < 1.29 is 18.0 Å². The van der Waals surface area contributed by atoms with Crippen LogP contribution >= 0.6 is 34.3 Å². The number of anilines is 1. The highest BCUT2D eigenvalue weighted by molar-refractivity contribution is 7.91. The Labute approximate surface area is 199 Å². The van der Waals surface area contributed by atoms with Crippen LogP contribution in [-0.2, 0) is 14.8 Å². The number of hydrogen-bond acceptors (Lipinski definition) is 7. The first-order valence-electron chi connectivity index (χ1n) is 9.92. The van der Waals surface area contributed by atoms with E-state index < -0.39 is 22.0 Å². The highest BCUT2D eigenvalue weighted by Gasteiger charge is 2.38. The Morgan fingerprint density at radius 3 is 2.53 bits per heavy atom. The fourth-order valence-corrected chi connectivity index (χ4v) is 7.75. The first-order valence-corrected chi connectivity index (χ1v) is 13.4. The van der Waals surface area contributed by atoms with E-state index in [2.05, 4.69) is 10.3 Å². The predicted octanol–water partition coefficient (Wildman–Crippen LogP) is 4.91. The summed E-state index contributed by atoms with van der Waals surface area (Å²) in [6.07, 6.45) is 1.81. The van der Waals surface area contributed by atoms with Crippen LogP contribution in [0.1, 0.15) is 35.9 Å². The van der Waals surface area contributed by atoms with E-state index in [1.807, 2.05) is 30.3 Å². The van der Waals surface area contributed by atoms with Gasteiger partial charge in [0.15, 0.2) is 10.9 Å². The number of rotatable bonds is 6. The lowest BCUT2D eigenvalue weighted by molar-refractivity contribution is -0.120. The Kier molecular flexibility index (Phi) is 6.78. The number of thiazole rings is 1. The first-order chi connectivity index (χ1) is 15.3. The molecule has 2 aromatic heterocycles. The van der Waals surface area contributed by atoms with Crippen LogP contribution in [0.15, 0.2) is 46.7 Å². The van der Waals surface area contributed by atoms with Gasteiger partial charge in [0.25, 0.3) is 10.0 Å². The van der Waals surface area contributed by atoms with Crippen molar-refractivity contribution in [3.8, 4) is 11.3 Å². The molecule has 3 aromatic rings. The summed E-state index contributed by atoms with van der Waals surface area (Å²) < 4.78 is 28.0. The molecule has 11 heteroatoms. The Bertz CT molecular complexity index is 1250. The fraction of sp³-hybridized carbons (Fsp3) is 0.286. The molecule has 1 aliphatic rings. The molecular formula is C21H20ClN3O4S3. The minimum Gasteiger partial charge on any atom is -0.301 e. The van der Waals surface area contributed by atoms with Crippen molar-refractivity contribution in [2.75, 3.05) is 11.9 Å². The van der Waals surface area contributed by atoms with Gasteiger partial charge in [0.2, 0.25) is 5.91 Å². The summed E-state index contributed by atoms with van der Waals surface area (Å²) >= 11 is 7.98. The number of Topliss-reactive ketones (excluding diaryl/α,β-unsaturated/α-hetero) is 1. The maximum absolute atomic E-state index is 13.1. The minimum atomic E-state index is -3.85. The summed E-state index contributed by atoms with van der Waals surface area (Å²) in [7, 11) is -3.85. The third-order valence-corrected chi connectivity index (χ3v) is 9.77. The number of benzene rings is 1. The summed E-state index contributed by atoms with van der Waals surface area (Å²) in [6, 6.07) is 11.4. The van der Waals surface area contributed by atoms with Gasteiger partial charge < -0.3 is 5.32 Å². The zero-order valence-electron chi connectivity index (χ0n) is 17.1. The smallest absolute Gasteiger partial charge is 0.253 e. The summed E-state index contributed by atoms with van der Waals surface area (Å²) in [6.45, 7) is 1.70. The van der Waals surface area contributed by atoms with Crippen molar-refractivity contribution in [3.05, 3.63) is 51.7 Å². The molecule has 1 unspecified atom stereocenters. The Morgan fingerprint density at radius 1 is 1.12 bits per heavy atom. The number of nitrogens with one attached hydrogen (secondary N) is 1. The molecule has 0 saturated carbocycles. The molecule has 0 bridgehead atoms. The number of sulfonamides is 1. The normalized spacial score (nSPS) is 17.2. The molecule has 0 spiro atoms. The fourth-order valence-electron chi connectivity index (χ4n) is 3.60. The number of thiophene rings is 1. The summed E-state index contributed by atoms with van der Waals surface area (Å²) in [4.78, 5) is 30.2. The van der Waals surface area contributed by atoms with Gasteiger partial charge in [-0.15, -0.1) is 11.3 Å².